The molecule has 9 nitrogen and oxygen atoms in total. The van der Waals surface area contributed by atoms with Crippen molar-refractivity contribution in [3.05, 3.63) is 48.8 Å². The van der Waals surface area contributed by atoms with Crippen LogP contribution in [0.25, 0.3) is 34.2 Å². The molecule has 1 atom stereocenters. The number of hydrogen-bond acceptors (Lipinski definition) is 7. The summed E-state index contributed by atoms with van der Waals surface area (Å²) in [7, 11) is 0. The van der Waals surface area contributed by atoms with Crippen LogP contribution in [0.1, 0.15) is 62.1 Å². The monoisotopic (exact) mass is 427 g/mol. The minimum atomic E-state index is 0.306. The van der Waals surface area contributed by atoms with Gasteiger partial charge in [0.25, 0.3) is 0 Å². The fourth-order valence-corrected chi connectivity index (χ4v) is 4.63. The molecule has 2 aliphatic rings. The maximum atomic E-state index is 4.57. The van der Waals surface area contributed by atoms with Crippen molar-refractivity contribution in [3.63, 3.8) is 0 Å². The Balaban J connectivity index is 1.17. The van der Waals surface area contributed by atoms with Crippen LogP contribution < -0.4 is 5.32 Å². The SMILES string of the molecule is c1nc(-c2ncc(-c3cnc([C@@H]4CCCN4)[nH]3)cn2)ncc1-c1cnc(C2CCCC2)[nH]1. The first-order chi connectivity index (χ1) is 15.8. The second-order valence-corrected chi connectivity index (χ2v) is 8.59. The summed E-state index contributed by atoms with van der Waals surface area (Å²) in [4.78, 5) is 33.8. The number of nitrogens with one attached hydrogen (secondary N) is 3. The van der Waals surface area contributed by atoms with Gasteiger partial charge in [0.2, 0.25) is 0 Å². The second kappa shape index (κ2) is 8.23. The standard InChI is InChI=1S/C23H25N9/c1-2-5-14(4-1)20-29-12-18(31-20)15-8-25-22(26-9-15)23-27-10-16(11-28-23)19-13-30-21(32-19)17-6-3-7-24-17/h8-14,17,24H,1-7H2,(H,29,31)(H,30,32)/t17-/m0/s1. The van der Waals surface area contributed by atoms with Crippen LogP contribution in [-0.2, 0) is 0 Å². The molecule has 1 aliphatic carbocycles. The van der Waals surface area contributed by atoms with E-state index in [9.17, 15) is 0 Å². The van der Waals surface area contributed by atoms with E-state index in [0.29, 0.717) is 23.6 Å². The lowest BCUT2D eigenvalue weighted by Gasteiger charge is -2.05. The van der Waals surface area contributed by atoms with E-state index < -0.39 is 0 Å². The molecule has 5 heterocycles. The molecule has 162 valence electrons. The Bertz CT molecular complexity index is 1090. The molecule has 0 radical (unpaired) electrons. The predicted molar refractivity (Wildman–Crippen MR) is 119 cm³/mol. The molecule has 1 aliphatic heterocycles. The molecule has 6 rings (SSSR count). The third-order valence-electron chi connectivity index (χ3n) is 6.45. The van der Waals surface area contributed by atoms with Crippen LogP contribution in [-0.4, -0.2) is 46.4 Å². The molecule has 9 heteroatoms. The van der Waals surface area contributed by atoms with Crippen LogP contribution in [0.5, 0.6) is 0 Å². The van der Waals surface area contributed by atoms with E-state index in [1.54, 1.807) is 24.8 Å². The molecule has 0 bridgehead atoms. The highest BCUT2D eigenvalue weighted by atomic mass is 15.0. The van der Waals surface area contributed by atoms with Crippen LogP contribution in [0.2, 0.25) is 0 Å². The average Bonchev–Trinajstić information content (AvgIpc) is 3.66. The zero-order valence-corrected chi connectivity index (χ0v) is 17.8. The molecule has 0 spiro atoms. The predicted octanol–water partition coefficient (Wildman–Crippen LogP) is 3.80. The molecule has 0 unspecified atom stereocenters. The number of nitrogens with zero attached hydrogens (tertiary/aromatic N) is 6. The fourth-order valence-electron chi connectivity index (χ4n) is 4.63. The minimum absolute atomic E-state index is 0.306. The number of aromatic nitrogens is 8. The van der Waals surface area contributed by atoms with Gasteiger partial charge in [-0.2, -0.15) is 0 Å². The van der Waals surface area contributed by atoms with Crippen LogP contribution in [0.4, 0.5) is 0 Å². The van der Waals surface area contributed by atoms with Crippen molar-refractivity contribution in [2.75, 3.05) is 6.54 Å². The fraction of sp³-hybridized carbons (Fsp3) is 0.391. The van der Waals surface area contributed by atoms with Crippen molar-refractivity contribution in [3.8, 4) is 34.2 Å². The molecular weight excluding hydrogens is 402 g/mol. The van der Waals surface area contributed by atoms with Crippen molar-refractivity contribution in [2.45, 2.75) is 50.5 Å². The van der Waals surface area contributed by atoms with E-state index in [0.717, 1.165) is 47.1 Å². The summed E-state index contributed by atoms with van der Waals surface area (Å²) in [5, 5.41) is 3.45. The Kier molecular flexibility index (Phi) is 4.95. The van der Waals surface area contributed by atoms with E-state index >= 15 is 0 Å². The Hall–Kier alpha value is -3.46. The lowest BCUT2D eigenvalue weighted by molar-refractivity contribution is 0.613. The summed E-state index contributed by atoms with van der Waals surface area (Å²) < 4.78 is 0. The molecule has 0 aromatic carbocycles. The molecule has 1 saturated heterocycles. The van der Waals surface area contributed by atoms with E-state index in [-0.39, 0.29) is 0 Å². The van der Waals surface area contributed by atoms with Crippen molar-refractivity contribution in [2.24, 2.45) is 0 Å². The first kappa shape index (κ1) is 19.2. The molecular formula is C23H25N9. The first-order valence-corrected chi connectivity index (χ1v) is 11.3. The van der Waals surface area contributed by atoms with Crippen LogP contribution in [0, 0.1) is 0 Å². The summed E-state index contributed by atoms with van der Waals surface area (Å²) in [6.45, 7) is 1.04. The molecule has 32 heavy (non-hydrogen) atoms. The number of aromatic amines is 2. The molecule has 3 N–H and O–H groups in total. The van der Waals surface area contributed by atoms with Crippen molar-refractivity contribution >= 4 is 0 Å². The van der Waals surface area contributed by atoms with Crippen LogP contribution in [0.15, 0.2) is 37.2 Å². The van der Waals surface area contributed by atoms with E-state index in [1.807, 2.05) is 12.4 Å². The summed E-state index contributed by atoms with van der Waals surface area (Å²) in [5.41, 5.74) is 3.65. The average molecular weight is 428 g/mol. The zero-order valence-electron chi connectivity index (χ0n) is 17.8. The van der Waals surface area contributed by atoms with Gasteiger partial charge in [-0.05, 0) is 32.2 Å². The van der Waals surface area contributed by atoms with Gasteiger partial charge in [-0.15, -0.1) is 0 Å². The molecule has 4 aromatic heterocycles. The quantitative estimate of drug-likeness (QED) is 0.443. The van der Waals surface area contributed by atoms with Crippen molar-refractivity contribution < 1.29 is 0 Å². The van der Waals surface area contributed by atoms with Crippen molar-refractivity contribution in [1.29, 1.82) is 0 Å². The van der Waals surface area contributed by atoms with E-state index in [4.69, 9.17) is 0 Å². The normalized spacial score (nSPS) is 19.1. The Morgan fingerprint density at radius 2 is 1.16 bits per heavy atom. The van der Waals surface area contributed by atoms with Crippen LogP contribution in [0.3, 0.4) is 0 Å². The number of rotatable bonds is 5. The van der Waals surface area contributed by atoms with Gasteiger partial charge in [0.1, 0.15) is 11.6 Å². The Morgan fingerprint density at radius 1 is 0.594 bits per heavy atom. The smallest absolute Gasteiger partial charge is 0.197 e. The minimum Gasteiger partial charge on any atom is -0.342 e. The maximum Gasteiger partial charge on any atom is 0.197 e. The summed E-state index contributed by atoms with van der Waals surface area (Å²) >= 11 is 0. The van der Waals surface area contributed by atoms with Gasteiger partial charge in [0.05, 0.1) is 29.8 Å². The van der Waals surface area contributed by atoms with Gasteiger partial charge < -0.3 is 15.3 Å². The number of hydrogen-bond donors (Lipinski definition) is 3. The zero-order chi connectivity index (χ0) is 21.3. The molecule has 0 amide bonds. The lowest BCUT2D eigenvalue weighted by atomic mass is 10.1. The van der Waals surface area contributed by atoms with Gasteiger partial charge in [-0.1, -0.05) is 12.8 Å². The Morgan fingerprint density at radius 3 is 1.72 bits per heavy atom. The largest absolute Gasteiger partial charge is 0.342 e. The third-order valence-corrected chi connectivity index (χ3v) is 6.45. The van der Waals surface area contributed by atoms with E-state index in [1.165, 1.54) is 32.1 Å². The highest BCUT2D eigenvalue weighted by molar-refractivity contribution is 5.60. The van der Waals surface area contributed by atoms with Gasteiger partial charge in [-0.3, -0.25) is 0 Å². The van der Waals surface area contributed by atoms with Gasteiger partial charge >= 0.3 is 0 Å². The van der Waals surface area contributed by atoms with Gasteiger partial charge in [0, 0.05) is 41.8 Å². The summed E-state index contributed by atoms with van der Waals surface area (Å²) in [5.74, 6) is 3.59. The first-order valence-electron chi connectivity index (χ1n) is 11.3. The van der Waals surface area contributed by atoms with Gasteiger partial charge in [0.15, 0.2) is 11.6 Å². The highest BCUT2D eigenvalue weighted by Crippen LogP contribution is 2.33. The molecule has 2 fully saturated rings. The summed E-state index contributed by atoms with van der Waals surface area (Å²) in [6.07, 6.45) is 18.1. The van der Waals surface area contributed by atoms with Crippen molar-refractivity contribution in [1.82, 2.24) is 45.2 Å². The highest BCUT2D eigenvalue weighted by Gasteiger charge is 2.21. The molecule has 1 saturated carbocycles. The number of imidazole rings is 2. The number of H-pyrrole nitrogens is 2. The Labute approximate surface area is 185 Å². The second-order valence-electron chi connectivity index (χ2n) is 8.59. The van der Waals surface area contributed by atoms with Crippen LogP contribution >= 0.6 is 0 Å². The maximum absolute atomic E-state index is 4.57. The summed E-state index contributed by atoms with van der Waals surface area (Å²) in [6, 6.07) is 0.306. The molecule has 4 aromatic rings. The van der Waals surface area contributed by atoms with E-state index in [2.05, 4.69) is 45.2 Å². The third kappa shape index (κ3) is 3.69. The van der Waals surface area contributed by atoms with Gasteiger partial charge in [-0.25, -0.2) is 29.9 Å². The lowest BCUT2D eigenvalue weighted by Crippen LogP contribution is -2.14. The topological polar surface area (TPSA) is 121 Å².